The monoisotopic (exact) mass is 186 g/mol. The molecule has 1 radical (unpaired) electrons. The Morgan fingerprint density at radius 3 is 2.77 bits per heavy atom. The first-order valence-corrected chi connectivity index (χ1v) is 5.32. The number of unbranched alkanes of at least 4 members (excludes halogenated alkanes) is 3. The van der Waals surface area contributed by atoms with Crippen LogP contribution in [0.1, 0.15) is 32.1 Å². The quantitative estimate of drug-likeness (QED) is 0.636. The third-order valence-corrected chi connectivity index (χ3v) is 2.45. The maximum atomic E-state index is 10.2. The molecule has 0 aliphatic carbocycles. The Labute approximate surface area is 80.5 Å². The number of rotatable bonds is 6. The van der Waals surface area contributed by atoms with Crippen molar-refractivity contribution in [3.63, 3.8) is 0 Å². The SMILES string of the molecule is [O]CCCCCCC1COCCN1. The summed E-state index contributed by atoms with van der Waals surface area (Å²) in [4.78, 5) is 0. The van der Waals surface area contributed by atoms with E-state index in [4.69, 9.17) is 4.74 Å². The molecular formula is C10H20NO2. The highest BCUT2D eigenvalue weighted by molar-refractivity contribution is 4.69. The average Bonchev–Trinajstić information content (AvgIpc) is 2.19. The van der Waals surface area contributed by atoms with E-state index >= 15 is 0 Å². The van der Waals surface area contributed by atoms with Crippen LogP contribution in [0.2, 0.25) is 0 Å². The summed E-state index contributed by atoms with van der Waals surface area (Å²) >= 11 is 0. The minimum absolute atomic E-state index is 0.0881. The molecule has 0 aromatic carbocycles. The van der Waals surface area contributed by atoms with E-state index in [1.54, 1.807) is 0 Å². The first kappa shape index (κ1) is 11.0. The predicted molar refractivity (Wildman–Crippen MR) is 51.2 cm³/mol. The van der Waals surface area contributed by atoms with E-state index in [-0.39, 0.29) is 6.61 Å². The van der Waals surface area contributed by atoms with Crippen molar-refractivity contribution < 1.29 is 9.84 Å². The Morgan fingerprint density at radius 1 is 1.23 bits per heavy atom. The van der Waals surface area contributed by atoms with Gasteiger partial charge in [-0.2, -0.15) is 0 Å². The van der Waals surface area contributed by atoms with Gasteiger partial charge in [0.25, 0.3) is 0 Å². The van der Waals surface area contributed by atoms with Crippen molar-refractivity contribution in [2.24, 2.45) is 0 Å². The summed E-state index contributed by atoms with van der Waals surface area (Å²) < 4.78 is 5.35. The molecule has 0 spiro atoms. The minimum atomic E-state index is 0.0881. The first-order chi connectivity index (χ1) is 6.43. The highest BCUT2D eigenvalue weighted by Gasteiger charge is 2.11. The predicted octanol–water partition coefficient (Wildman–Crippen LogP) is 1.36. The highest BCUT2D eigenvalue weighted by Crippen LogP contribution is 2.07. The second kappa shape index (κ2) is 7.30. The van der Waals surface area contributed by atoms with E-state index in [0.717, 1.165) is 32.6 Å². The van der Waals surface area contributed by atoms with Gasteiger partial charge < -0.3 is 10.1 Å². The molecule has 0 saturated carbocycles. The molecule has 1 N–H and O–H groups in total. The molecule has 0 amide bonds. The van der Waals surface area contributed by atoms with Gasteiger partial charge in [-0.05, 0) is 12.8 Å². The average molecular weight is 186 g/mol. The summed E-state index contributed by atoms with van der Waals surface area (Å²) in [5.41, 5.74) is 0. The summed E-state index contributed by atoms with van der Waals surface area (Å²) in [6, 6.07) is 0.556. The van der Waals surface area contributed by atoms with Gasteiger partial charge in [0.05, 0.1) is 19.8 Å². The van der Waals surface area contributed by atoms with E-state index in [1.807, 2.05) is 0 Å². The second-order valence-electron chi connectivity index (χ2n) is 3.63. The van der Waals surface area contributed by atoms with Crippen molar-refractivity contribution in [2.45, 2.75) is 38.1 Å². The van der Waals surface area contributed by atoms with Crippen LogP contribution in [0.15, 0.2) is 0 Å². The highest BCUT2D eigenvalue weighted by atomic mass is 16.5. The molecule has 1 rings (SSSR count). The van der Waals surface area contributed by atoms with Gasteiger partial charge in [-0.25, -0.2) is 5.11 Å². The van der Waals surface area contributed by atoms with Gasteiger partial charge in [0.2, 0.25) is 0 Å². The third-order valence-electron chi connectivity index (χ3n) is 2.45. The first-order valence-electron chi connectivity index (χ1n) is 5.32. The van der Waals surface area contributed by atoms with Crippen LogP contribution in [0.3, 0.4) is 0 Å². The topological polar surface area (TPSA) is 41.2 Å². The van der Waals surface area contributed by atoms with Crippen molar-refractivity contribution in [1.29, 1.82) is 0 Å². The minimum Gasteiger partial charge on any atom is -0.379 e. The van der Waals surface area contributed by atoms with Crippen molar-refractivity contribution in [3.05, 3.63) is 0 Å². The summed E-state index contributed by atoms with van der Waals surface area (Å²) in [5.74, 6) is 0. The Morgan fingerprint density at radius 2 is 2.08 bits per heavy atom. The van der Waals surface area contributed by atoms with Crippen LogP contribution >= 0.6 is 0 Å². The van der Waals surface area contributed by atoms with Crippen LogP contribution < -0.4 is 5.32 Å². The van der Waals surface area contributed by atoms with Crippen molar-refractivity contribution in [1.82, 2.24) is 5.32 Å². The molecule has 3 heteroatoms. The molecule has 1 heterocycles. The normalized spacial score (nSPS) is 23.3. The zero-order chi connectivity index (χ0) is 9.36. The van der Waals surface area contributed by atoms with Gasteiger partial charge in [0, 0.05) is 12.6 Å². The largest absolute Gasteiger partial charge is 0.379 e. The van der Waals surface area contributed by atoms with Gasteiger partial charge in [-0.3, -0.25) is 0 Å². The fourth-order valence-corrected chi connectivity index (χ4v) is 1.65. The number of nitrogens with one attached hydrogen (secondary N) is 1. The second-order valence-corrected chi connectivity index (χ2v) is 3.63. The van der Waals surface area contributed by atoms with Gasteiger partial charge in [-0.1, -0.05) is 19.3 Å². The molecule has 0 aromatic heterocycles. The Balaban J connectivity index is 1.86. The summed E-state index contributed by atoms with van der Waals surface area (Å²) in [7, 11) is 0. The van der Waals surface area contributed by atoms with Crippen LogP contribution in [0.25, 0.3) is 0 Å². The molecule has 1 aliphatic rings. The maximum absolute atomic E-state index is 10.2. The lowest BCUT2D eigenvalue weighted by Crippen LogP contribution is -2.41. The van der Waals surface area contributed by atoms with Crippen LogP contribution in [0.4, 0.5) is 0 Å². The molecule has 77 valence electrons. The number of morpholine rings is 1. The lowest BCUT2D eigenvalue weighted by molar-refractivity contribution is 0.0732. The van der Waals surface area contributed by atoms with E-state index in [0.29, 0.717) is 6.04 Å². The molecule has 3 nitrogen and oxygen atoms in total. The van der Waals surface area contributed by atoms with Crippen LogP contribution in [-0.4, -0.2) is 32.4 Å². The molecule has 0 aromatic rings. The van der Waals surface area contributed by atoms with Crippen LogP contribution in [0.5, 0.6) is 0 Å². The standard InChI is InChI=1S/C10H20NO2/c12-7-4-2-1-3-5-10-9-13-8-6-11-10/h10-11H,1-9H2. The van der Waals surface area contributed by atoms with Crippen molar-refractivity contribution >= 4 is 0 Å². The van der Waals surface area contributed by atoms with Crippen molar-refractivity contribution in [3.8, 4) is 0 Å². The van der Waals surface area contributed by atoms with Gasteiger partial charge in [0.15, 0.2) is 0 Å². The summed E-state index contributed by atoms with van der Waals surface area (Å²) in [5, 5.41) is 13.6. The van der Waals surface area contributed by atoms with E-state index < -0.39 is 0 Å². The molecule has 1 aliphatic heterocycles. The zero-order valence-electron chi connectivity index (χ0n) is 8.26. The Hall–Kier alpha value is -0.120. The number of hydrogen-bond donors (Lipinski definition) is 1. The number of hydrogen-bond acceptors (Lipinski definition) is 2. The van der Waals surface area contributed by atoms with E-state index in [2.05, 4.69) is 5.32 Å². The fourth-order valence-electron chi connectivity index (χ4n) is 1.65. The van der Waals surface area contributed by atoms with Crippen LogP contribution in [-0.2, 0) is 9.84 Å². The lowest BCUT2D eigenvalue weighted by Gasteiger charge is -2.23. The maximum Gasteiger partial charge on any atom is 0.0822 e. The molecule has 1 fully saturated rings. The Bertz CT molecular complexity index is 113. The van der Waals surface area contributed by atoms with Crippen molar-refractivity contribution in [2.75, 3.05) is 26.4 Å². The van der Waals surface area contributed by atoms with Crippen LogP contribution in [0, 0.1) is 0 Å². The Kier molecular flexibility index (Phi) is 6.15. The molecule has 1 saturated heterocycles. The molecular weight excluding hydrogens is 166 g/mol. The van der Waals surface area contributed by atoms with E-state index in [1.165, 1.54) is 19.3 Å². The summed E-state index contributed by atoms with van der Waals surface area (Å²) in [6.45, 7) is 2.80. The van der Waals surface area contributed by atoms with E-state index in [9.17, 15) is 5.11 Å². The van der Waals surface area contributed by atoms with Gasteiger partial charge >= 0.3 is 0 Å². The molecule has 0 bridgehead atoms. The zero-order valence-corrected chi connectivity index (χ0v) is 8.26. The smallest absolute Gasteiger partial charge is 0.0822 e. The lowest BCUT2D eigenvalue weighted by atomic mass is 10.1. The molecule has 1 atom stereocenters. The molecule has 13 heavy (non-hydrogen) atoms. The number of ether oxygens (including phenoxy) is 1. The molecule has 1 unspecified atom stereocenters. The third kappa shape index (κ3) is 5.24. The van der Waals surface area contributed by atoms with Gasteiger partial charge in [-0.15, -0.1) is 0 Å². The summed E-state index contributed by atoms with van der Waals surface area (Å²) in [6.07, 6.45) is 5.55. The van der Waals surface area contributed by atoms with Gasteiger partial charge in [0.1, 0.15) is 0 Å². The fraction of sp³-hybridized carbons (Fsp3) is 1.00.